The highest BCUT2D eigenvalue weighted by Crippen LogP contribution is 2.36. The fraction of sp³-hybridized carbons (Fsp3) is 0.368. The van der Waals surface area contributed by atoms with Crippen LogP contribution in [0.25, 0.3) is 0 Å². The molecule has 0 bridgehead atoms. The molecule has 11 heteroatoms. The Morgan fingerprint density at radius 2 is 1.97 bits per heavy atom. The minimum atomic E-state index is -4.60. The Bertz CT molecular complexity index is 965. The largest absolute Gasteiger partial charge is 0.492 e. The van der Waals surface area contributed by atoms with Crippen LogP contribution in [-0.4, -0.2) is 34.9 Å². The highest BCUT2D eigenvalue weighted by molar-refractivity contribution is 6.31. The Labute approximate surface area is 175 Å². The first-order valence-corrected chi connectivity index (χ1v) is 9.45. The highest BCUT2D eigenvalue weighted by atomic mass is 35.5. The summed E-state index contributed by atoms with van der Waals surface area (Å²) in [5, 5.41) is 4.71. The van der Waals surface area contributed by atoms with Crippen LogP contribution in [0, 0.1) is 12.8 Å². The molecule has 0 aliphatic heterocycles. The fourth-order valence-electron chi connectivity index (χ4n) is 2.53. The van der Waals surface area contributed by atoms with Crippen molar-refractivity contribution >= 4 is 29.4 Å². The average molecular weight is 443 g/mol. The normalized spacial score (nSPS) is 13.6. The monoisotopic (exact) mass is 442 g/mol. The first-order valence-electron chi connectivity index (χ1n) is 9.08. The van der Waals surface area contributed by atoms with E-state index in [1.54, 1.807) is 6.92 Å². The van der Waals surface area contributed by atoms with Crippen molar-refractivity contribution in [3.05, 3.63) is 46.2 Å². The van der Waals surface area contributed by atoms with Crippen LogP contribution >= 0.6 is 11.6 Å². The number of aromatic nitrogens is 2. The Morgan fingerprint density at radius 3 is 2.63 bits per heavy atom. The summed E-state index contributed by atoms with van der Waals surface area (Å²) in [6.07, 6.45) is -2.95. The fourth-order valence-corrected chi connectivity index (χ4v) is 2.76. The lowest BCUT2D eigenvalue weighted by molar-refractivity contribution is -0.137. The van der Waals surface area contributed by atoms with E-state index in [1.165, 1.54) is 12.1 Å². The Morgan fingerprint density at radius 1 is 1.23 bits per heavy atom. The summed E-state index contributed by atoms with van der Waals surface area (Å²) in [5.41, 5.74) is -0.444. The lowest BCUT2D eigenvalue weighted by Crippen LogP contribution is -2.29. The van der Waals surface area contributed by atoms with E-state index in [1.807, 2.05) is 0 Å². The van der Waals surface area contributed by atoms with Crippen LogP contribution in [-0.2, 0) is 11.0 Å². The maximum absolute atomic E-state index is 12.9. The van der Waals surface area contributed by atoms with Gasteiger partial charge in [-0.05, 0) is 44.0 Å². The van der Waals surface area contributed by atoms with Crippen molar-refractivity contribution in [1.29, 1.82) is 0 Å². The van der Waals surface area contributed by atoms with E-state index in [0.717, 1.165) is 25.0 Å². The summed E-state index contributed by atoms with van der Waals surface area (Å²) in [7, 11) is 0. The molecule has 0 radical (unpaired) electrons. The molecule has 7 nitrogen and oxygen atoms in total. The highest BCUT2D eigenvalue weighted by Gasteiger charge is 2.33. The van der Waals surface area contributed by atoms with Crippen molar-refractivity contribution in [2.75, 3.05) is 18.5 Å². The molecular weight excluding hydrogens is 425 g/mol. The molecule has 1 aromatic carbocycles. The molecule has 2 aromatic rings. The molecule has 0 saturated heterocycles. The Balaban J connectivity index is 1.53. The Hall–Kier alpha value is -2.88. The van der Waals surface area contributed by atoms with Crippen LogP contribution in [0.1, 0.15) is 34.6 Å². The minimum absolute atomic E-state index is 0.0234. The van der Waals surface area contributed by atoms with Gasteiger partial charge in [0.1, 0.15) is 18.1 Å². The first-order chi connectivity index (χ1) is 14.1. The molecule has 1 fully saturated rings. The molecule has 0 atom stereocenters. The molecular formula is C19H18ClF3N4O3. The number of hydrogen-bond acceptors (Lipinski definition) is 5. The number of nitrogens with one attached hydrogen (secondary N) is 2. The summed E-state index contributed by atoms with van der Waals surface area (Å²) < 4.78 is 43.9. The predicted molar refractivity (Wildman–Crippen MR) is 102 cm³/mol. The van der Waals surface area contributed by atoms with Gasteiger partial charge >= 0.3 is 6.18 Å². The topological polar surface area (TPSA) is 93.2 Å². The van der Waals surface area contributed by atoms with Crippen molar-refractivity contribution in [1.82, 2.24) is 15.3 Å². The van der Waals surface area contributed by atoms with Crippen molar-refractivity contribution in [2.45, 2.75) is 25.9 Å². The molecule has 30 heavy (non-hydrogen) atoms. The molecule has 1 aliphatic rings. The quantitative estimate of drug-likeness (QED) is 0.639. The van der Waals surface area contributed by atoms with Crippen LogP contribution in [0.4, 0.5) is 19.1 Å². The van der Waals surface area contributed by atoms with Crippen molar-refractivity contribution in [3.8, 4) is 5.75 Å². The minimum Gasteiger partial charge on any atom is -0.492 e. The second-order valence-electron chi connectivity index (χ2n) is 6.73. The molecule has 1 heterocycles. The number of benzene rings is 1. The molecule has 0 spiro atoms. The molecule has 2 N–H and O–H groups in total. The number of anilines is 1. The van der Waals surface area contributed by atoms with Gasteiger partial charge in [-0.3, -0.25) is 14.9 Å². The third-order valence-electron chi connectivity index (χ3n) is 4.17. The van der Waals surface area contributed by atoms with E-state index in [2.05, 4.69) is 20.6 Å². The Kier molecular flexibility index (Phi) is 6.45. The molecule has 3 rings (SSSR count). The van der Waals surface area contributed by atoms with E-state index in [0.29, 0.717) is 5.69 Å². The van der Waals surface area contributed by atoms with Crippen LogP contribution in [0.15, 0.2) is 24.3 Å². The third kappa shape index (κ3) is 5.82. The SMILES string of the molecule is Cc1cc(C(=O)NCCOc2ccc(Cl)c(C(F)(F)F)c2)nc(NC(=O)C2CC2)n1. The number of ether oxygens (including phenoxy) is 1. The van der Waals surface area contributed by atoms with Gasteiger partial charge in [0.2, 0.25) is 11.9 Å². The van der Waals surface area contributed by atoms with Gasteiger partial charge in [-0.2, -0.15) is 13.2 Å². The number of carbonyl (C=O) groups is 2. The van der Waals surface area contributed by atoms with Crippen LogP contribution in [0.5, 0.6) is 5.75 Å². The van der Waals surface area contributed by atoms with Gasteiger partial charge in [0, 0.05) is 11.6 Å². The summed E-state index contributed by atoms with van der Waals surface area (Å²) in [6, 6.07) is 4.66. The van der Waals surface area contributed by atoms with E-state index in [4.69, 9.17) is 16.3 Å². The van der Waals surface area contributed by atoms with E-state index >= 15 is 0 Å². The number of carbonyl (C=O) groups excluding carboxylic acids is 2. The lowest BCUT2D eigenvalue weighted by Gasteiger charge is -2.12. The van der Waals surface area contributed by atoms with Crippen LogP contribution in [0.2, 0.25) is 5.02 Å². The molecule has 2 amide bonds. The summed E-state index contributed by atoms with van der Waals surface area (Å²) in [6.45, 7) is 1.61. The zero-order valence-electron chi connectivity index (χ0n) is 15.8. The predicted octanol–water partition coefficient (Wildman–Crippen LogP) is 3.61. The number of rotatable bonds is 7. The van der Waals surface area contributed by atoms with Gasteiger partial charge < -0.3 is 10.1 Å². The molecule has 1 aromatic heterocycles. The van der Waals surface area contributed by atoms with Gasteiger partial charge in [0.25, 0.3) is 5.91 Å². The van der Waals surface area contributed by atoms with E-state index in [9.17, 15) is 22.8 Å². The first kappa shape index (κ1) is 21.8. The van der Waals surface area contributed by atoms with E-state index < -0.39 is 22.7 Å². The number of alkyl halides is 3. The van der Waals surface area contributed by atoms with Gasteiger partial charge in [0.15, 0.2) is 0 Å². The third-order valence-corrected chi connectivity index (χ3v) is 4.50. The molecule has 1 saturated carbocycles. The van der Waals surface area contributed by atoms with Crippen molar-refractivity contribution in [3.63, 3.8) is 0 Å². The second-order valence-corrected chi connectivity index (χ2v) is 7.13. The number of amides is 2. The zero-order valence-corrected chi connectivity index (χ0v) is 16.6. The van der Waals surface area contributed by atoms with Gasteiger partial charge in [-0.15, -0.1) is 0 Å². The van der Waals surface area contributed by atoms with Gasteiger partial charge in [0.05, 0.1) is 17.1 Å². The maximum Gasteiger partial charge on any atom is 0.417 e. The van der Waals surface area contributed by atoms with Crippen molar-refractivity contribution in [2.24, 2.45) is 5.92 Å². The van der Waals surface area contributed by atoms with Gasteiger partial charge in [-0.25, -0.2) is 9.97 Å². The maximum atomic E-state index is 12.9. The van der Waals surface area contributed by atoms with Crippen LogP contribution < -0.4 is 15.4 Å². The standard InChI is InChI=1S/C19H18ClF3N4O3/c1-10-8-15(26-18(25-10)27-16(28)11-2-3-11)17(29)24-6-7-30-12-4-5-14(20)13(9-12)19(21,22)23/h4-5,8-9,11H,2-3,6-7H2,1H3,(H,24,29)(H,25,26,27,28). The smallest absolute Gasteiger partial charge is 0.417 e. The number of nitrogens with zero attached hydrogens (tertiary/aromatic N) is 2. The van der Waals surface area contributed by atoms with Crippen molar-refractivity contribution < 1.29 is 27.5 Å². The number of halogens is 4. The van der Waals surface area contributed by atoms with Crippen LogP contribution in [0.3, 0.4) is 0 Å². The zero-order chi connectivity index (χ0) is 21.9. The molecule has 160 valence electrons. The molecule has 0 unspecified atom stereocenters. The summed E-state index contributed by atoms with van der Waals surface area (Å²) >= 11 is 5.56. The van der Waals surface area contributed by atoms with E-state index in [-0.39, 0.29) is 42.4 Å². The lowest BCUT2D eigenvalue weighted by atomic mass is 10.2. The number of aryl methyl sites for hydroxylation is 1. The summed E-state index contributed by atoms with van der Waals surface area (Å²) in [4.78, 5) is 32.2. The van der Waals surface area contributed by atoms with Gasteiger partial charge in [-0.1, -0.05) is 11.6 Å². The second kappa shape index (κ2) is 8.86. The molecule has 1 aliphatic carbocycles. The summed E-state index contributed by atoms with van der Waals surface area (Å²) in [5.74, 6) is -0.716. The average Bonchev–Trinajstić information content (AvgIpc) is 3.50. The number of hydrogen-bond donors (Lipinski definition) is 2.